The zero-order chi connectivity index (χ0) is 17.6. The zero-order valence-electron chi connectivity index (χ0n) is 14.4. The zero-order valence-corrected chi connectivity index (χ0v) is 15.2. The molecular formula is C19H25FN2O2S. The molecule has 6 heteroatoms. The fraction of sp³-hybridized carbons (Fsp3) is 0.579. The van der Waals surface area contributed by atoms with Crippen molar-refractivity contribution in [3.63, 3.8) is 0 Å². The average Bonchev–Trinajstić information content (AvgIpc) is 2.58. The van der Waals surface area contributed by atoms with E-state index in [1.165, 1.54) is 37.1 Å². The number of amides is 2. The quantitative estimate of drug-likeness (QED) is 0.897. The number of rotatable bonds is 3. The second-order valence-electron chi connectivity index (χ2n) is 6.77. The van der Waals surface area contributed by atoms with Crippen LogP contribution in [-0.2, 0) is 16.0 Å². The summed E-state index contributed by atoms with van der Waals surface area (Å²) in [6.07, 6.45) is 6.01. The summed E-state index contributed by atoms with van der Waals surface area (Å²) in [6, 6.07) is 6.09. The smallest absolute Gasteiger partial charge is 0.246 e. The first-order valence-electron chi connectivity index (χ1n) is 9.09. The van der Waals surface area contributed by atoms with E-state index in [0.717, 1.165) is 25.9 Å². The highest BCUT2D eigenvalue weighted by Crippen LogP contribution is 2.24. The highest BCUT2D eigenvalue weighted by atomic mass is 32.2. The van der Waals surface area contributed by atoms with Gasteiger partial charge in [-0.15, -0.1) is 11.8 Å². The molecule has 0 aliphatic carbocycles. The fourth-order valence-electron chi connectivity index (χ4n) is 3.43. The minimum Gasteiger partial charge on any atom is -0.343 e. The molecule has 1 aromatic carbocycles. The highest BCUT2D eigenvalue weighted by molar-refractivity contribution is 8.00. The van der Waals surface area contributed by atoms with Crippen LogP contribution in [0.25, 0.3) is 0 Å². The van der Waals surface area contributed by atoms with Crippen molar-refractivity contribution >= 4 is 23.6 Å². The van der Waals surface area contributed by atoms with Crippen LogP contribution in [0.5, 0.6) is 0 Å². The Balaban J connectivity index is 1.56. The Hall–Kier alpha value is -1.56. The fourth-order valence-corrected chi connectivity index (χ4v) is 4.60. The van der Waals surface area contributed by atoms with Crippen molar-refractivity contribution in [3.05, 3.63) is 35.6 Å². The lowest BCUT2D eigenvalue weighted by Gasteiger charge is -2.33. The maximum atomic E-state index is 13.8. The van der Waals surface area contributed by atoms with E-state index in [-0.39, 0.29) is 22.9 Å². The van der Waals surface area contributed by atoms with E-state index >= 15 is 0 Å². The maximum absolute atomic E-state index is 13.8. The van der Waals surface area contributed by atoms with Gasteiger partial charge in [0.05, 0.1) is 5.25 Å². The Morgan fingerprint density at radius 1 is 1.16 bits per heavy atom. The van der Waals surface area contributed by atoms with Crippen LogP contribution in [0.4, 0.5) is 4.39 Å². The largest absolute Gasteiger partial charge is 0.343 e. The summed E-state index contributed by atoms with van der Waals surface area (Å²) in [5.41, 5.74) is 0.545. The first-order valence-corrected chi connectivity index (χ1v) is 10.1. The van der Waals surface area contributed by atoms with Gasteiger partial charge < -0.3 is 10.2 Å². The molecular weight excluding hydrogens is 339 g/mol. The molecule has 2 heterocycles. The molecule has 1 N–H and O–H groups in total. The topological polar surface area (TPSA) is 49.4 Å². The summed E-state index contributed by atoms with van der Waals surface area (Å²) < 4.78 is 13.8. The van der Waals surface area contributed by atoms with E-state index in [0.29, 0.717) is 17.7 Å². The van der Waals surface area contributed by atoms with Gasteiger partial charge in [0.15, 0.2) is 0 Å². The number of carbonyl (C=O) groups excluding carboxylic acids is 2. The predicted molar refractivity (Wildman–Crippen MR) is 97.9 cm³/mol. The molecule has 0 radical (unpaired) electrons. The maximum Gasteiger partial charge on any atom is 0.246 e. The van der Waals surface area contributed by atoms with Crippen molar-refractivity contribution in [2.45, 2.75) is 49.8 Å². The standard InChI is InChI=1S/C19H25FN2O2S/c20-15-9-5-4-8-14(15)12-17-18(23)21-16(13-25-17)19(24)22-10-6-2-1-3-7-11-22/h4-5,8-9,16-17H,1-3,6-7,10-13H2,(H,21,23)/t16-,17-/m1/s1. The minimum absolute atomic E-state index is 0.0343. The molecule has 2 amide bonds. The minimum atomic E-state index is -0.450. The van der Waals surface area contributed by atoms with E-state index in [1.54, 1.807) is 18.2 Å². The van der Waals surface area contributed by atoms with Crippen molar-refractivity contribution < 1.29 is 14.0 Å². The number of thioether (sulfide) groups is 1. The summed E-state index contributed by atoms with van der Waals surface area (Å²) >= 11 is 1.46. The molecule has 0 saturated carbocycles. The van der Waals surface area contributed by atoms with E-state index in [1.807, 2.05) is 4.90 Å². The molecule has 2 aliphatic rings. The lowest BCUT2D eigenvalue weighted by atomic mass is 10.1. The number of nitrogens with zero attached hydrogens (tertiary/aromatic N) is 1. The van der Waals surface area contributed by atoms with Crippen LogP contribution in [-0.4, -0.2) is 46.8 Å². The Labute approximate surface area is 152 Å². The number of likely N-dealkylation sites (tertiary alicyclic amines) is 1. The van der Waals surface area contributed by atoms with Gasteiger partial charge in [0.1, 0.15) is 11.9 Å². The Bertz CT molecular complexity index is 617. The third-order valence-corrected chi connectivity index (χ3v) is 6.21. The molecule has 2 saturated heterocycles. The summed E-state index contributed by atoms with van der Waals surface area (Å²) in [5, 5.41) is 2.53. The lowest BCUT2D eigenvalue weighted by Crippen LogP contribution is -2.55. The van der Waals surface area contributed by atoms with Crippen LogP contribution in [0.3, 0.4) is 0 Å². The van der Waals surface area contributed by atoms with E-state index in [2.05, 4.69) is 5.32 Å². The van der Waals surface area contributed by atoms with Crippen molar-refractivity contribution in [1.82, 2.24) is 10.2 Å². The van der Waals surface area contributed by atoms with Crippen molar-refractivity contribution in [3.8, 4) is 0 Å². The van der Waals surface area contributed by atoms with Crippen LogP contribution in [0, 0.1) is 5.82 Å². The van der Waals surface area contributed by atoms with Crippen LogP contribution >= 0.6 is 11.8 Å². The number of nitrogens with one attached hydrogen (secondary N) is 1. The van der Waals surface area contributed by atoms with Gasteiger partial charge in [-0.2, -0.15) is 0 Å². The third kappa shape index (κ3) is 4.75. The van der Waals surface area contributed by atoms with Crippen LogP contribution in [0.1, 0.15) is 37.7 Å². The molecule has 0 aromatic heterocycles. The molecule has 2 atom stereocenters. The van der Waals surface area contributed by atoms with Crippen molar-refractivity contribution in [1.29, 1.82) is 0 Å². The van der Waals surface area contributed by atoms with Crippen LogP contribution in [0.15, 0.2) is 24.3 Å². The molecule has 1 aromatic rings. The van der Waals surface area contributed by atoms with Gasteiger partial charge in [-0.05, 0) is 30.9 Å². The Morgan fingerprint density at radius 3 is 2.52 bits per heavy atom. The van der Waals surface area contributed by atoms with Gasteiger partial charge in [0.25, 0.3) is 0 Å². The van der Waals surface area contributed by atoms with Gasteiger partial charge in [0, 0.05) is 18.8 Å². The summed E-state index contributed by atoms with van der Waals surface area (Å²) in [4.78, 5) is 27.0. The van der Waals surface area contributed by atoms with Gasteiger partial charge in [-0.1, -0.05) is 37.5 Å². The Morgan fingerprint density at radius 2 is 1.84 bits per heavy atom. The van der Waals surface area contributed by atoms with Gasteiger partial charge in [-0.3, -0.25) is 9.59 Å². The molecule has 4 nitrogen and oxygen atoms in total. The highest BCUT2D eigenvalue weighted by Gasteiger charge is 2.34. The molecule has 0 spiro atoms. The van der Waals surface area contributed by atoms with Gasteiger partial charge in [0.2, 0.25) is 11.8 Å². The van der Waals surface area contributed by atoms with E-state index < -0.39 is 6.04 Å². The lowest BCUT2D eigenvalue weighted by molar-refractivity contribution is -0.136. The van der Waals surface area contributed by atoms with Crippen LogP contribution < -0.4 is 5.32 Å². The predicted octanol–water partition coefficient (Wildman–Crippen LogP) is 2.76. The SMILES string of the molecule is O=C1N[C@@H](C(=O)N2CCCCCCC2)CS[C@@H]1Cc1ccccc1F. The molecule has 2 fully saturated rings. The Kier molecular flexibility index (Phi) is 6.34. The first-order chi connectivity index (χ1) is 12.1. The molecule has 0 unspecified atom stereocenters. The summed E-state index contributed by atoms with van der Waals surface area (Å²) in [7, 11) is 0. The summed E-state index contributed by atoms with van der Waals surface area (Å²) in [5.74, 6) is 0.145. The number of hydrogen-bond acceptors (Lipinski definition) is 3. The second-order valence-corrected chi connectivity index (χ2v) is 8.01. The van der Waals surface area contributed by atoms with E-state index in [4.69, 9.17) is 0 Å². The average molecular weight is 364 g/mol. The van der Waals surface area contributed by atoms with E-state index in [9.17, 15) is 14.0 Å². The molecule has 136 valence electrons. The second kappa shape index (κ2) is 8.70. The molecule has 25 heavy (non-hydrogen) atoms. The van der Waals surface area contributed by atoms with Gasteiger partial charge >= 0.3 is 0 Å². The van der Waals surface area contributed by atoms with Gasteiger partial charge in [-0.25, -0.2) is 4.39 Å². The molecule has 3 rings (SSSR count). The number of carbonyl (C=O) groups is 2. The molecule has 2 aliphatic heterocycles. The van der Waals surface area contributed by atoms with Crippen molar-refractivity contribution in [2.24, 2.45) is 0 Å². The summed E-state index contributed by atoms with van der Waals surface area (Å²) in [6.45, 7) is 1.57. The number of benzene rings is 1. The number of halogens is 1. The third-order valence-electron chi connectivity index (χ3n) is 4.90. The number of hydrogen-bond donors (Lipinski definition) is 1. The van der Waals surface area contributed by atoms with Crippen LogP contribution in [0.2, 0.25) is 0 Å². The van der Waals surface area contributed by atoms with Crippen molar-refractivity contribution in [2.75, 3.05) is 18.8 Å². The first kappa shape index (κ1) is 18.2. The normalized spacial score (nSPS) is 25.0. The monoisotopic (exact) mass is 364 g/mol. The molecule has 0 bridgehead atoms.